The molecule has 2 rings (SSSR count). The number of hydrogen-bond acceptors (Lipinski definition) is 1. The zero-order chi connectivity index (χ0) is 19.7. The number of halogens is 11. The Bertz CT molecular complexity index is 630. The van der Waals surface area contributed by atoms with Gasteiger partial charge in [-0.2, -0.15) is 48.3 Å². The average Bonchev–Trinajstić information content (AvgIpc) is 2.52. The summed E-state index contributed by atoms with van der Waals surface area (Å²) < 4.78 is 160. The monoisotopic (exact) mass is 406 g/mol. The SMILES string of the molecule is [O-][S+](c1ccccc1)C1(F)C(F)(F)C(F)(F)C(F)(F)C(F)(F)C1(F)F. The predicted octanol–water partition coefficient (Wildman–Crippen LogP) is 4.65. The lowest BCUT2D eigenvalue weighted by Gasteiger charge is -2.51. The van der Waals surface area contributed by atoms with Crippen LogP contribution in [0.3, 0.4) is 0 Å². The third kappa shape index (κ3) is 1.96. The summed E-state index contributed by atoms with van der Waals surface area (Å²) in [5, 5.41) is -6.52. The van der Waals surface area contributed by atoms with Gasteiger partial charge in [0.1, 0.15) is 0 Å². The van der Waals surface area contributed by atoms with E-state index >= 15 is 0 Å². The fraction of sp³-hybridized carbons (Fsp3) is 0.500. The van der Waals surface area contributed by atoms with Crippen LogP contribution in [0, 0.1) is 0 Å². The van der Waals surface area contributed by atoms with E-state index < -0.39 is 50.7 Å². The molecule has 0 amide bonds. The molecule has 1 aliphatic rings. The Kier molecular flexibility index (Phi) is 4.13. The van der Waals surface area contributed by atoms with Crippen LogP contribution in [-0.2, 0) is 11.2 Å². The highest BCUT2D eigenvalue weighted by atomic mass is 32.2. The summed E-state index contributed by atoms with van der Waals surface area (Å²) >= 11 is -4.56. The van der Waals surface area contributed by atoms with Crippen molar-refractivity contribution in [3.05, 3.63) is 30.3 Å². The van der Waals surface area contributed by atoms with Crippen molar-refractivity contribution in [2.45, 2.75) is 39.5 Å². The van der Waals surface area contributed by atoms with Crippen LogP contribution in [0.2, 0.25) is 0 Å². The van der Waals surface area contributed by atoms with Gasteiger partial charge in [0.2, 0.25) is 0 Å². The molecule has 0 spiro atoms. The highest BCUT2D eigenvalue weighted by Gasteiger charge is 3.05. The summed E-state index contributed by atoms with van der Waals surface area (Å²) in [6.45, 7) is 0. The fourth-order valence-corrected chi connectivity index (χ4v) is 3.58. The van der Waals surface area contributed by atoms with Gasteiger partial charge in [0.25, 0.3) is 0 Å². The number of alkyl halides is 11. The molecule has 13 heteroatoms. The van der Waals surface area contributed by atoms with Crippen molar-refractivity contribution >= 4 is 11.2 Å². The van der Waals surface area contributed by atoms with E-state index in [1.165, 1.54) is 0 Å². The molecule has 1 saturated carbocycles. The zero-order valence-corrected chi connectivity index (χ0v) is 12.2. The fourth-order valence-electron chi connectivity index (χ4n) is 2.13. The maximum absolute atomic E-state index is 14.4. The van der Waals surface area contributed by atoms with E-state index in [0.717, 1.165) is 18.2 Å². The van der Waals surface area contributed by atoms with E-state index in [0.29, 0.717) is 12.1 Å². The number of hydrogen-bond donors (Lipinski definition) is 0. The Labute approximate surface area is 135 Å². The van der Waals surface area contributed by atoms with Crippen LogP contribution in [0.4, 0.5) is 48.3 Å². The Morgan fingerprint density at radius 1 is 0.560 bits per heavy atom. The molecule has 1 aromatic rings. The van der Waals surface area contributed by atoms with Crippen LogP contribution in [0.5, 0.6) is 0 Å². The van der Waals surface area contributed by atoms with Gasteiger partial charge in [0.15, 0.2) is 4.90 Å². The van der Waals surface area contributed by atoms with E-state index in [-0.39, 0.29) is 0 Å². The van der Waals surface area contributed by atoms with E-state index in [4.69, 9.17) is 0 Å². The predicted molar refractivity (Wildman–Crippen MR) is 61.4 cm³/mol. The summed E-state index contributed by atoms with van der Waals surface area (Å²) in [5.41, 5.74) is 0. The summed E-state index contributed by atoms with van der Waals surface area (Å²) in [4.78, 5) is -1.30. The standard InChI is InChI=1S/C12H5F11OS/c13-7(14)8(15,16)10(19,20)12(23,11(21,22)9(7,17)18)25(24)6-4-2-1-3-5-6/h1-5H. The van der Waals surface area contributed by atoms with Crippen LogP contribution in [0.25, 0.3) is 0 Å². The molecule has 1 unspecified atom stereocenters. The molecular formula is C12H5F11OS. The summed E-state index contributed by atoms with van der Waals surface area (Å²) in [6.07, 6.45) is 0. The quantitative estimate of drug-likeness (QED) is 0.518. The van der Waals surface area contributed by atoms with Gasteiger partial charge in [0, 0.05) is 11.2 Å². The lowest BCUT2D eigenvalue weighted by Crippen LogP contribution is -2.85. The molecule has 1 aliphatic carbocycles. The highest BCUT2D eigenvalue weighted by Crippen LogP contribution is 2.71. The van der Waals surface area contributed by atoms with Gasteiger partial charge in [-0.3, -0.25) is 0 Å². The van der Waals surface area contributed by atoms with Crippen LogP contribution < -0.4 is 0 Å². The van der Waals surface area contributed by atoms with Crippen molar-refractivity contribution in [1.29, 1.82) is 0 Å². The number of rotatable bonds is 2. The lowest BCUT2D eigenvalue weighted by molar-refractivity contribution is -0.469. The smallest absolute Gasteiger partial charge is 0.405 e. The van der Waals surface area contributed by atoms with Crippen LogP contribution in [-0.4, -0.2) is 39.2 Å². The molecule has 1 fully saturated rings. The second-order valence-corrected chi connectivity index (χ2v) is 6.62. The molecule has 25 heavy (non-hydrogen) atoms. The highest BCUT2D eigenvalue weighted by molar-refractivity contribution is 7.92. The Morgan fingerprint density at radius 2 is 0.880 bits per heavy atom. The molecule has 1 nitrogen and oxygen atoms in total. The normalized spacial score (nSPS) is 29.0. The molecule has 0 N–H and O–H groups in total. The maximum atomic E-state index is 14.4. The molecule has 0 heterocycles. The van der Waals surface area contributed by atoms with Crippen LogP contribution in [0.15, 0.2) is 35.2 Å². The molecular weight excluding hydrogens is 401 g/mol. The minimum Gasteiger partial charge on any atom is -0.609 e. The molecule has 1 atom stereocenters. The van der Waals surface area contributed by atoms with Gasteiger partial charge in [-0.25, -0.2) is 0 Å². The first-order chi connectivity index (χ1) is 11.0. The topological polar surface area (TPSA) is 23.1 Å². The van der Waals surface area contributed by atoms with Crippen LogP contribution in [0.1, 0.15) is 0 Å². The molecule has 0 aliphatic heterocycles. The third-order valence-corrected chi connectivity index (χ3v) is 5.32. The summed E-state index contributed by atoms with van der Waals surface area (Å²) in [5.74, 6) is -36.0. The van der Waals surface area contributed by atoms with Gasteiger partial charge in [-0.1, -0.05) is 18.2 Å². The minimum atomic E-state index is -7.32. The van der Waals surface area contributed by atoms with E-state index in [9.17, 15) is 52.8 Å². The zero-order valence-electron chi connectivity index (χ0n) is 11.4. The average molecular weight is 406 g/mol. The summed E-state index contributed by atoms with van der Waals surface area (Å²) in [6, 6.07) is 3.60. The molecule has 0 radical (unpaired) electrons. The molecule has 142 valence electrons. The second-order valence-electron chi connectivity index (χ2n) is 5.05. The van der Waals surface area contributed by atoms with Gasteiger partial charge in [-0.05, 0) is 12.1 Å². The van der Waals surface area contributed by atoms with Crippen molar-refractivity contribution in [2.75, 3.05) is 0 Å². The Balaban J connectivity index is 2.83. The van der Waals surface area contributed by atoms with Crippen molar-refractivity contribution in [1.82, 2.24) is 0 Å². The first-order valence-corrected chi connectivity index (χ1v) is 7.21. The van der Waals surface area contributed by atoms with Crippen molar-refractivity contribution in [3.8, 4) is 0 Å². The second kappa shape index (κ2) is 5.15. The van der Waals surface area contributed by atoms with Gasteiger partial charge in [-0.15, -0.1) is 0 Å². The first-order valence-electron chi connectivity index (χ1n) is 6.06. The lowest BCUT2D eigenvalue weighted by atomic mass is 9.80. The van der Waals surface area contributed by atoms with Crippen molar-refractivity contribution in [2.24, 2.45) is 0 Å². The largest absolute Gasteiger partial charge is 0.609 e. The molecule has 0 saturated heterocycles. The summed E-state index contributed by atoms with van der Waals surface area (Å²) in [7, 11) is 0. The van der Waals surface area contributed by atoms with E-state index in [1.807, 2.05) is 0 Å². The van der Waals surface area contributed by atoms with Gasteiger partial charge < -0.3 is 4.55 Å². The Hall–Kier alpha value is -1.24. The Morgan fingerprint density at radius 3 is 1.24 bits per heavy atom. The first kappa shape index (κ1) is 20.1. The van der Waals surface area contributed by atoms with E-state index in [2.05, 4.69) is 0 Å². The van der Waals surface area contributed by atoms with Gasteiger partial charge in [0.05, 0.1) is 0 Å². The van der Waals surface area contributed by atoms with Crippen molar-refractivity contribution < 1.29 is 52.8 Å². The number of benzene rings is 1. The minimum absolute atomic E-state index is 0.437. The third-order valence-electron chi connectivity index (χ3n) is 3.60. The van der Waals surface area contributed by atoms with Gasteiger partial charge >= 0.3 is 34.6 Å². The van der Waals surface area contributed by atoms with E-state index in [1.54, 1.807) is 0 Å². The van der Waals surface area contributed by atoms with Crippen LogP contribution >= 0.6 is 0 Å². The molecule has 0 bridgehead atoms. The molecule has 1 aromatic carbocycles. The molecule has 0 aromatic heterocycles. The van der Waals surface area contributed by atoms with Crippen molar-refractivity contribution in [3.63, 3.8) is 0 Å². The maximum Gasteiger partial charge on any atom is 0.405 e.